The maximum absolute atomic E-state index is 14.2. The molecule has 10 heteroatoms. The van der Waals surface area contributed by atoms with Crippen LogP contribution in [0.4, 0.5) is 5.69 Å². The van der Waals surface area contributed by atoms with E-state index in [4.69, 9.17) is 23.2 Å². The molecule has 0 radical (unpaired) electrons. The van der Waals surface area contributed by atoms with E-state index >= 15 is 0 Å². The molecule has 0 aromatic heterocycles. The van der Waals surface area contributed by atoms with Crippen molar-refractivity contribution in [1.29, 1.82) is 0 Å². The number of halogens is 2. The molecule has 0 aliphatic heterocycles. The molecular weight excluding hydrogens is 569 g/mol. The third kappa shape index (κ3) is 8.22. The Morgan fingerprint density at radius 3 is 2.10 bits per heavy atom. The van der Waals surface area contributed by atoms with Crippen molar-refractivity contribution in [3.05, 3.63) is 99.0 Å². The summed E-state index contributed by atoms with van der Waals surface area (Å²) >= 11 is 13.0. The number of anilines is 1. The summed E-state index contributed by atoms with van der Waals surface area (Å²) in [6.07, 6.45) is 1.26. The summed E-state index contributed by atoms with van der Waals surface area (Å²) in [5.41, 5.74) is 3.36. The van der Waals surface area contributed by atoms with E-state index in [1.807, 2.05) is 57.2 Å². The van der Waals surface area contributed by atoms with E-state index in [0.29, 0.717) is 26.9 Å². The lowest BCUT2D eigenvalue weighted by Crippen LogP contribution is -2.54. The van der Waals surface area contributed by atoms with Crippen LogP contribution in [0.2, 0.25) is 10.0 Å². The number of sulfonamides is 1. The van der Waals surface area contributed by atoms with E-state index in [0.717, 1.165) is 21.7 Å². The zero-order chi connectivity index (χ0) is 29.6. The summed E-state index contributed by atoms with van der Waals surface area (Å²) in [6.45, 7) is 6.76. The molecule has 7 nitrogen and oxygen atoms in total. The van der Waals surface area contributed by atoms with Gasteiger partial charge in [-0.15, -0.1) is 0 Å². The normalized spacial score (nSPS) is 12.2. The third-order valence-corrected chi connectivity index (χ3v) is 8.23. The Kier molecular flexibility index (Phi) is 10.6. The summed E-state index contributed by atoms with van der Waals surface area (Å²) < 4.78 is 27.0. The first kappa shape index (κ1) is 31.5. The van der Waals surface area contributed by atoms with Gasteiger partial charge in [0.2, 0.25) is 21.8 Å². The minimum atomic E-state index is -3.86. The summed E-state index contributed by atoms with van der Waals surface area (Å²) in [5, 5.41) is 3.58. The monoisotopic (exact) mass is 603 g/mol. The smallest absolute Gasteiger partial charge is 0.244 e. The zero-order valence-electron chi connectivity index (χ0n) is 23.3. The molecule has 1 unspecified atom stereocenters. The SMILES string of the molecule is Cc1ccc(N(CC(=O)N(Cc2c(Cl)cccc2Cl)C(Cc2ccccc2)C(=O)NC(C)C)S(C)(=O)=O)c(C)c1. The van der Waals surface area contributed by atoms with E-state index in [9.17, 15) is 18.0 Å². The number of benzene rings is 3. The fraction of sp³-hybridized carbons (Fsp3) is 0.333. The standard InChI is InChI=1S/C30H35Cl2N3O4S/c1-20(2)33-30(37)28(17-23-10-7-6-8-11-23)34(18-24-25(31)12-9-13-26(24)32)29(36)19-35(40(5,38)39)27-15-14-21(3)16-22(27)4/h6-16,20,28H,17-19H2,1-5H3,(H,33,37). The molecule has 0 spiro atoms. The molecular formula is C30H35Cl2N3O4S. The van der Waals surface area contributed by atoms with Gasteiger partial charge in [-0.3, -0.25) is 13.9 Å². The molecule has 0 bridgehead atoms. The van der Waals surface area contributed by atoms with Crippen molar-refractivity contribution < 1.29 is 18.0 Å². The Morgan fingerprint density at radius 2 is 1.55 bits per heavy atom. The fourth-order valence-corrected chi connectivity index (χ4v) is 5.89. The molecule has 40 heavy (non-hydrogen) atoms. The van der Waals surface area contributed by atoms with Gasteiger partial charge >= 0.3 is 0 Å². The molecule has 214 valence electrons. The molecule has 1 N–H and O–H groups in total. The van der Waals surface area contributed by atoms with E-state index in [1.54, 1.807) is 37.3 Å². The number of carbonyl (C=O) groups is 2. The molecule has 0 saturated heterocycles. The number of amides is 2. The minimum Gasteiger partial charge on any atom is -0.352 e. The molecule has 3 rings (SSSR count). The lowest BCUT2D eigenvalue weighted by Gasteiger charge is -2.34. The van der Waals surface area contributed by atoms with Crippen molar-refractivity contribution in [2.75, 3.05) is 17.1 Å². The summed E-state index contributed by atoms with van der Waals surface area (Å²) in [6, 6.07) is 18.5. The van der Waals surface area contributed by atoms with Crippen LogP contribution in [0, 0.1) is 13.8 Å². The molecule has 0 saturated carbocycles. The van der Waals surface area contributed by atoms with Crippen molar-refractivity contribution in [1.82, 2.24) is 10.2 Å². The van der Waals surface area contributed by atoms with E-state index in [1.165, 1.54) is 4.90 Å². The zero-order valence-corrected chi connectivity index (χ0v) is 25.6. The van der Waals surface area contributed by atoms with Gasteiger partial charge in [0, 0.05) is 34.6 Å². The molecule has 0 aliphatic carbocycles. The van der Waals surface area contributed by atoms with Gasteiger partial charge < -0.3 is 10.2 Å². The second-order valence-electron chi connectivity index (χ2n) is 10.2. The maximum atomic E-state index is 14.2. The number of rotatable bonds is 11. The number of nitrogens with zero attached hydrogens (tertiary/aromatic N) is 2. The number of hydrogen-bond donors (Lipinski definition) is 1. The highest BCUT2D eigenvalue weighted by Gasteiger charge is 2.34. The van der Waals surface area contributed by atoms with Crippen molar-refractivity contribution in [3.63, 3.8) is 0 Å². The topological polar surface area (TPSA) is 86.8 Å². The van der Waals surface area contributed by atoms with E-state index < -0.39 is 28.5 Å². The van der Waals surface area contributed by atoms with Crippen LogP contribution >= 0.6 is 23.2 Å². The van der Waals surface area contributed by atoms with E-state index in [2.05, 4.69) is 5.32 Å². The predicted octanol–water partition coefficient (Wildman–Crippen LogP) is 5.54. The Labute approximate surface area is 247 Å². The van der Waals surface area contributed by atoms with Gasteiger partial charge in [-0.25, -0.2) is 8.42 Å². The Morgan fingerprint density at radius 1 is 0.925 bits per heavy atom. The second-order valence-corrected chi connectivity index (χ2v) is 12.9. The second kappa shape index (κ2) is 13.5. The van der Waals surface area contributed by atoms with Crippen LogP contribution in [0.1, 0.15) is 36.1 Å². The number of hydrogen-bond acceptors (Lipinski definition) is 4. The molecule has 3 aromatic rings. The quantitative estimate of drug-likeness (QED) is 0.312. The number of carbonyl (C=O) groups excluding carboxylic acids is 2. The largest absolute Gasteiger partial charge is 0.352 e. The average Bonchev–Trinajstić information content (AvgIpc) is 2.86. The first-order chi connectivity index (χ1) is 18.8. The summed E-state index contributed by atoms with van der Waals surface area (Å²) in [7, 11) is -3.86. The Hall–Kier alpha value is -3.07. The molecule has 0 heterocycles. The summed E-state index contributed by atoms with van der Waals surface area (Å²) in [4.78, 5) is 29.1. The number of aryl methyl sites for hydroxylation is 2. The predicted molar refractivity (Wildman–Crippen MR) is 162 cm³/mol. The minimum absolute atomic E-state index is 0.0924. The van der Waals surface area contributed by atoms with Crippen molar-refractivity contribution >= 4 is 50.7 Å². The molecule has 2 amide bonds. The maximum Gasteiger partial charge on any atom is 0.244 e. The molecule has 0 aliphatic rings. The van der Waals surface area contributed by atoms with Crippen LogP contribution in [0.3, 0.4) is 0 Å². The van der Waals surface area contributed by atoms with E-state index in [-0.39, 0.29) is 24.9 Å². The Bertz CT molecular complexity index is 1440. The van der Waals surface area contributed by atoms with Crippen LogP contribution < -0.4 is 9.62 Å². The van der Waals surface area contributed by atoms with Crippen LogP contribution in [0.5, 0.6) is 0 Å². The van der Waals surface area contributed by atoms with Gasteiger partial charge in [0.05, 0.1) is 11.9 Å². The Balaban J connectivity index is 2.12. The lowest BCUT2D eigenvalue weighted by molar-refractivity contribution is -0.140. The average molecular weight is 605 g/mol. The highest BCUT2D eigenvalue weighted by Crippen LogP contribution is 2.29. The first-order valence-corrected chi connectivity index (χ1v) is 15.5. The van der Waals surface area contributed by atoms with Crippen LogP contribution in [-0.4, -0.2) is 50.0 Å². The van der Waals surface area contributed by atoms with Crippen molar-refractivity contribution in [2.45, 2.75) is 52.7 Å². The third-order valence-electron chi connectivity index (χ3n) is 6.39. The molecule has 3 aromatic carbocycles. The van der Waals surface area contributed by atoms with Crippen LogP contribution in [0.15, 0.2) is 66.7 Å². The van der Waals surface area contributed by atoms with Gasteiger partial charge in [0.1, 0.15) is 12.6 Å². The summed E-state index contributed by atoms with van der Waals surface area (Å²) in [5.74, 6) is -0.936. The van der Waals surface area contributed by atoms with Gasteiger partial charge in [-0.05, 0) is 57.0 Å². The fourth-order valence-electron chi connectivity index (χ4n) is 4.47. The van der Waals surface area contributed by atoms with Crippen molar-refractivity contribution in [2.24, 2.45) is 0 Å². The van der Waals surface area contributed by atoms with Gasteiger partial charge in [-0.1, -0.05) is 77.3 Å². The lowest BCUT2D eigenvalue weighted by atomic mass is 10.0. The van der Waals surface area contributed by atoms with Crippen LogP contribution in [-0.2, 0) is 32.6 Å². The van der Waals surface area contributed by atoms with Gasteiger partial charge in [0.15, 0.2) is 0 Å². The molecule has 1 atom stereocenters. The highest BCUT2D eigenvalue weighted by molar-refractivity contribution is 7.92. The molecule has 0 fully saturated rings. The highest BCUT2D eigenvalue weighted by atomic mass is 35.5. The first-order valence-electron chi connectivity index (χ1n) is 12.9. The van der Waals surface area contributed by atoms with Gasteiger partial charge in [0.25, 0.3) is 0 Å². The van der Waals surface area contributed by atoms with Crippen molar-refractivity contribution in [3.8, 4) is 0 Å². The van der Waals surface area contributed by atoms with Crippen LogP contribution in [0.25, 0.3) is 0 Å². The van der Waals surface area contributed by atoms with Gasteiger partial charge in [-0.2, -0.15) is 0 Å². The number of nitrogens with one attached hydrogen (secondary N) is 1.